The maximum atomic E-state index is 12.6. The van der Waals surface area contributed by atoms with Gasteiger partial charge in [-0.15, -0.1) is 21.5 Å². The van der Waals surface area contributed by atoms with E-state index in [1.54, 1.807) is 25.1 Å². The van der Waals surface area contributed by atoms with Gasteiger partial charge in [0.15, 0.2) is 11.0 Å². The number of benzene rings is 1. The largest absolute Gasteiger partial charge is 0.484 e. The van der Waals surface area contributed by atoms with Crippen molar-refractivity contribution in [3.8, 4) is 5.75 Å². The van der Waals surface area contributed by atoms with Gasteiger partial charge in [-0.3, -0.25) is 9.59 Å². The number of rotatable bonds is 10. The minimum absolute atomic E-state index is 0.0224. The van der Waals surface area contributed by atoms with Crippen LogP contribution in [0.1, 0.15) is 38.3 Å². The van der Waals surface area contributed by atoms with Gasteiger partial charge in [0.2, 0.25) is 5.91 Å². The molecular formula is C21H21Cl2N5O5S2. The lowest BCUT2D eigenvalue weighted by molar-refractivity contribution is -0.113. The molecule has 1 aromatic carbocycles. The van der Waals surface area contributed by atoms with Gasteiger partial charge in [-0.25, -0.2) is 4.79 Å². The maximum Gasteiger partial charge on any atom is 0.341 e. The Labute approximate surface area is 219 Å². The molecule has 2 heterocycles. The molecule has 0 saturated carbocycles. The summed E-state index contributed by atoms with van der Waals surface area (Å²) in [4.78, 5) is 36.6. The van der Waals surface area contributed by atoms with Gasteiger partial charge >= 0.3 is 5.97 Å². The molecule has 2 amide bonds. The quantitative estimate of drug-likeness (QED) is 0.279. The Bertz CT molecular complexity index is 1280. The van der Waals surface area contributed by atoms with E-state index in [1.165, 1.54) is 7.11 Å². The molecule has 10 nitrogen and oxygen atoms in total. The van der Waals surface area contributed by atoms with Crippen molar-refractivity contribution >= 4 is 69.1 Å². The van der Waals surface area contributed by atoms with Crippen LogP contribution in [0.3, 0.4) is 0 Å². The number of thiophene rings is 1. The van der Waals surface area contributed by atoms with Gasteiger partial charge in [0.25, 0.3) is 5.91 Å². The number of nitrogens with one attached hydrogen (secondary N) is 1. The van der Waals surface area contributed by atoms with Gasteiger partial charge in [0, 0.05) is 11.6 Å². The summed E-state index contributed by atoms with van der Waals surface area (Å²) >= 11 is 14.1. The highest BCUT2D eigenvalue weighted by molar-refractivity contribution is 7.99. The standard InChI is InChI=1S/C21H21Cl2N5O5S2/c1-4-28-14(8-33-13-6-5-11(22)7-12(13)23)26-27-21(28)34-9-15(29)25-19-16(20(31)32-3)10(2)17(35-19)18(24)30/h5-7H,4,8-9H2,1-3H3,(H2,24,30)(H,25,29). The predicted octanol–water partition coefficient (Wildman–Crippen LogP) is 4.17. The van der Waals surface area contributed by atoms with E-state index >= 15 is 0 Å². The van der Waals surface area contributed by atoms with Crippen molar-refractivity contribution in [2.24, 2.45) is 5.73 Å². The first-order valence-corrected chi connectivity index (χ1v) is 12.7. The smallest absolute Gasteiger partial charge is 0.341 e. The number of hydrogen-bond acceptors (Lipinski definition) is 9. The lowest BCUT2D eigenvalue weighted by Crippen LogP contribution is -2.16. The van der Waals surface area contributed by atoms with E-state index in [2.05, 4.69) is 15.5 Å². The monoisotopic (exact) mass is 557 g/mol. The molecule has 0 aliphatic heterocycles. The van der Waals surface area contributed by atoms with E-state index in [4.69, 9.17) is 38.4 Å². The van der Waals surface area contributed by atoms with Gasteiger partial charge in [-0.1, -0.05) is 35.0 Å². The van der Waals surface area contributed by atoms with Crippen LogP contribution in [-0.2, 0) is 22.7 Å². The zero-order valence-electron chi connectivity index (χ0n) is 18.9. The molecule has 0 saturated heterocycles. The second kappa shape index (κ2) is 11.8. The Morgan fingerprint density at radius 2 is 2.00 bits per heavy atom. The van der Waals surface area contributed by atoms with Crippen LogP contribution in [-0.4, -0.2) is 45.4 Å². The first-order valence-electron chi connectivity index (χ1n) is 10.1. The number of hydrogen-bond donors (Lipinski definition) is 2. The normalized spacial score (nSPS) is 10.8. The van der Waals surface area contributed by atoms with Crippen LogP contribution < -0.4 is 15.8 Å². The Balaban J connectivity index is 1.67. The number of nitrogens with two attached hydrogens (primary N) is 1. The molecule has 3 rings (SSSR count). The van der Waals surface area contributed by atoms with Crippen LogP contribution in [0.25, 0.3) is 0 Å². The number of thioether (sulfide) groups is 1. The number of carbonyl (C=O) groups is 3. The second-order valence-electron chi connectivity index (χ2n) is 6.96. The summed E-state index contributed by atoms with van der Waals surface area (Å²) in [7, 11) is 1.21. The highest BCUT2D eigenvalue weighted by Gasteiger charge is 2.25. The first kappa shape index (κ1) is 26.8. The minimum Gasteiger partial charge on any atom is -0.484 e. The summed E-state index contributed by atoms with van der Waals surface area (Å²) in [6.45, 7) is 4.14. The third-order valence-electron chi connectivity index (χ3n) is 4.71. The minimum atomic E-state index is -0.696. The summed E-state index contributed by atoms with van der Waals surface area (Å²) < 4.78 is 12.3. The number of amides is 2. The van der Waals surface area contributed by atoms with Gasteiger partial charge in [-0.2, -0.15) is 0 Å². The fourth-order valence-corrected chi connectivity index (χ4v) is 5.41. The molecule has 14 heteroatoms. The van der Waals surface area contributed by atoms with Gasteiger partial charge in [0.05, 0.1) is 28.3 Å². The zero-order valence-corrected chi connectivity index (χ0v) is 22.0. The Kier molecular flexibility index (Phi) is 9.00. The molecule has 0 atom stereocenters. The fourth-order valence-electron chi connectivity index (χ4n) is 3.06. The highest BCUT2D eigenvalue weighted by Crippen LogP contribution is 2.34. The van der Waals surface area contributed by atoms with Gasteiger partial charge < -0.3 is 25.1 Å². The van der Waals surface area contributed by atoms with Crippen molar-refractivity contribution in [2.45, 2.75) is 32.2 Å². The molecule has 2 aromatic heterocycles. The van der Waals surface area contributed by atoms with Crippen molar-refractivity contribution in [3.63, 3.8) is 0 Å². The average molecular weight is 558 g/mol. The molecular weight excluding hydrogens is 537 g/mol. The summed E-state index contributed by atoms with van der Waals surface area (Å²) in [5.74, 6) is -0.795. The number of primary amides is 1. The highest BCUT2D eigenvalue weighted by atomic mass is 35.5. The lowest BCUT2D eigenvalue weighted by Gasteiger charge is -2.10. The van der Waals surface area contributed by atoms with Crippen molar-refractivity contribution in [3.05, 3.63) is 50.1 Å². The van der Waals surface area contributed by atoms with Crippen molar-refractivity contribution in [1.82, 2.24) is 14.8 Å². The van der Waals surface area contributed by atoms with E-state index < -0.39 is 17.8 Å². The molecule has 186 valence electrons. The van der Waals surface area contributed by atoms with Crippen LogP contribution in [0.15, 0.2) is 23.4 Å². The van der Waals surface area contributed by atoms with Crippen LogP contribution >= 0.6 is 46.3 Å². The SMILES string of the molecule is CCn1c(COc2ccc(Cl)cc2Cl)nnc1SCC(=O)Nc1sc(C(N)=O)c(C)c1C(=O)OC. The lowest BCUT2D eigenvalue weighted by atomic mass is 10.1. The topological polar surface area (TPSA) is 138 Å². The number of nitrogens with zero attached hydrogens (tertiary/aromatic N) is 3. The number of halogens is 2. The van der Waals surface area contributed by atoms with Crippen LogP contribution in [0.2, 0.25) is 10.0 Å². The van der Waals surface area contributed by atoms with Gasteiger partial charge in [-0.05, 0) is 37.6 Å². The van der Waals surface area contributed by atoms with Crippen LogP contribution in [0.4, 0.5) is 5.00 Å². The molecule has 0 bridgehead atoms. The van der Waals surface area contributed by atoms with Crippen LogP contribution in [0, 0.1) is 6.92 Å². The maximum absolute atomic E-state index is 12.6. The average Bonchev–Trinajstić information content (AvgIpc) is 3.36. The van der Waals surface area contributed by atoms with Crippen molar-refractivity contribution < 1.29 is 23.9 Å². The van der Waals surface area contributed by atoms with Crippen molar-refractivity contribution in [1.29, 1.82) is 0 Å². The number of carbonyl (C=O) groups excluding carboxylic acids is 3. The Hall–Kier alpha value is -2.80. The molecule has 3 N–H and O–H groups in total. The molecule has 0 fully saturated rings. The van der Waals surface area contributed by atoms with E-state index in [0.717, 1.165) is 23.1 Å². The number of anilines is 1. The summed E-state index contributed by atoms with van der Waals surface area (Å²) in [5, 5.41) is 12.5. The molecule has 0 spiro atoms. The number of ether oxygens (including phenoxy) is 2. The van der Waals surface area contributed by atoms with Crippen molar-refractivity contribution in [2.75, 3.05) is 18.2 Å². The van der Waals surface area contributed by atoms with E-state index in [-0.39, 0.29) is 27.8 Å². The zero-order chi connectivity index (χ0) is 25.7. The third-order valence-corrected chi connectivity index (χ3v) is 7.42. The molecule has 0 radical (unpaired) electrons. The predicted molar refractivity (Wildman–Crippen MR) is 135 cm³/mol. The number of methoxy groups -OCH3 is 1. The first-order chi connectivity index (χ1) is 16.7. The van der Waals surface area contributed by atoms with E-state index in [0.29, 0.717) is 38.9 Å². The van der Waals surface area contributed by atoms with Crippen LogP contribution in [0.5, 0.6) is 5.75 Å². The molecule has 35 heavy (non-hydrogen) atoms. The van der Waals surface area contributed by atoms with E-state index in [9.17, 15) is 14.4 Å². The molecule has 3 aromatic rings. The number of esters is 1. The second-order valence-corrected chi connectivity index (χ2v) is 9.77. The van der Waals surface area contributed by atoms with Gasteiger partial charge in [0.1, 0.15) is 17.4 Å². The van der Waals surface area contributed by atoms with E-state index in [1.807, 2.05) is 11.5 Å². The molecule has 0 unspecified atom stereocenters. The summed E-state index contributed by atoms with van der Waals surface area (Å²) in [5.41, 5.74) is 5.83. The molecule has 0 aliphatic rings. The molecule has 0 aliphatic carbocycles. The Morgan fingerprint density at radius 3 is 2.63 bits per heavy atom. The summed E-state index contributed by atoms with van der Waals surface area (Å²) in [6, 6.07) is 4.91. The third kappa shape index (κ3) is 6.26. The number of aromatic nitrogens is 3. The summed E-state index contributed by atoms with van der Waals surface area (Å²) in [6.07, 6.45) is 0. The Morgan fingerprint density at radius 1 is 1.26 bits per heavy atom. The fraction of sp³-hybridized carbons (Fsp3) is 0.286.